The number of aromatic nitrogens is 3. The molecule has 6 nitrogen and oxygen atoms in total. The van der Waals surface area contributed by atoms with Gasteiger partial charge in [-0.15, -0.1) is 5.10 Å². The van der Waals surface area contributed by atoms with E-state index in [4.69, 9.17) is 16.7 Å². The third kappa shape index (κ3) is 4.54. The molecule has 0 saturated heterocycles. The first-order valence-corrected chi connectivity index (χ1v) is 11.9. The molecule has 0 fully saturated rings. The van der Waals surface area contributed by atoms with Gasteiger partial charge in [0.2, 0.25) is 11.1 Å². The van der Waals surface area contributed by atoms with Crippen molar-refractivity contribution < 1.29 is 4.79 Å². The van der Waals surface area contributed by atoms with Crippen LogP contribution >= 0.6 is 23.4 Å². The maximum atomic E-state index is 13.6. The summed E-state index contributed by atoms with van der Waals surface area (Å²) in [5, 5.41) is 12.4. The zero-order valence-electron chi connectivity index (χ0n) is 18.6. The largest absolute Gasteiger partial charge is 0.328 e. The number of fused-ring (bicyclic) bond motifs is 1. The molecule has 2 heterocycles. The molecular formula is C24H26ClN5OS. The zero-order chi connectivity index (χ0) is 22.8. The smallest absolute Gasteiger partial charge is 0.255 e. The maximum Gasteiger partial charge on any atom is 0.255 e. The van der Waals surface area contributed by atoms with E-state index in [0.29, 0.717) is 21.7 Å². The van der Waals surface area contributed by atoms with E-state index in [1.807, 2.05) is 57.2 Å². The Labute approximate surface area is 197 Å². The van der Waals surface area contributed by atoms with Crippen molar-refractivity contribution in [3.8, 4) is 0 Å². The standard InChI is InChI=1S/C24H26ClN5OS/c1-5-11-32-24-28-23-26-16(4)20(22(31)27-19-10-9-14(2)12-15(19)3)21(30(23)29-24)17-7-6-8-18(25)13-17/h6-10,12-13,21H,5,11H2,1-4H3,(H,27,31)(H,26,28,29). The number of rotatable bonds is 6. The van der Waals surface area contributed by atoms with Gasteiger partial charge in [-0.3, -0.25) is 4.79 Å². The Morgan fingerprint density at radius 2 is 2.03 bits per heavy atom. The number of carbonyl (C=O) groups is 1. The molecular weight excluding hydrogens is 442 g/mol. The number of allylic oxidation sites excluding steroid dienone is 1. The highest BCUT2D eigenvalue weighted by atomic mass is 35.5. The van der Waals surface area contributed by atoms with Gasteiger partial charge in [0.05, 0.1) is 5.57 Å². The fourth-order valence-electron chi connectivity index (χ4n) is 3.81. The van der Waals surface area contributed by atoms with Gasteiger partial charge < -0.3 is 10.6 Å². The molecule has 2 N–H and O–H groups in total. The quantitative estimate of drug-likeness (QED) is 0.436. The van der Waals surface area contributed by atoms with E-state index in [2.05, 4.69) is 28.6 Å². The molecule has 1 amide bonds. The maximum absolute atomic E-state index is 13.6. The Hall–Kier alpha value is -2.77. The van der Waals surface area contributed by atoms with Crippen LogP contribution in [0, 0.1) is 13.8 Å². The van der Waals surface area contributed by atoms with Crippen molar-refractivity contribution in [3.63, 3.8) is 0 Å². The Bertz CT molecular complexity index is 1200. The average molecular weight is 468 g/mol. The third-order valence-electron chi connectivity index (χ3n) is 5.31. The van der Waals surface area contributed by atoms with Gasteiger partial charge in [-0.2, -0.15) is 4.98 Å². The molecule has 2 aromatic carbocycles. The molecule has 0 radical (unpaired) electrons. The number of thioether (sulfide) groups is 1. The molecule has 8 heteroatoms. The molecule has 1 aliphatic heterocycles. The van der Waals surface area contributed by atoms with Gasteiger partial charge in [0, 0.05) is 22.2 Å². The summed E-state index contributed by atoms with van der Waals surface area (Å²) in [5.74, 6) is 1.36. The molecule has 32 heavy (non-hydrogen) atoms. The van der Waals surface area contributed by atoms with E-state index in [-0.39, 0.29) is 5.91 Å². The monoisotopic (exact) mass is 467 g/mol. The van der Waals surface area contributed by atoms with Crippen LogP contribution in [0.25, 0.3) is 0 Å². The highest BCUT2D eigenvalue weighted by molar-refractivity contribution is 7.99. The first-order valence-electron chi connectivity index (χ1n) is 10.6. The molecule has 0 spiro atoms. The van der Waals surface area contributed by atoms with Gasteiger partial charge in [-0.25, -0.2) is 4.68 Å². The van der Waals surface area contributed by atoms with Crippen molar-refractivity contribution in [2.75, 3.05) is 16.4 Å². The molecule has 3 aromatic rings. The Morgan fingerprint density at radius 3 is 2.75 bits per heavy atom. The minimum atomic E-state index is -0.445. The van der Waals surface area contributed by atoms with Gasteiger partial charge in [0.15, 0.2) is 0 Å². The van der Waals surface area contributed by atoms with E-state index in [9.17, 15) is 4.79 Å². The van der Waals surface area contributed by atoms with Crippen molar-refractivity contribution in [3.05, 3.63) is 75.4 Å². The van der Waals surface area contributed by atoms with E-state index in [0.717, 1.165) is 40.2 Å². The predicted molar refractivity (Wildman–Crippen MR) is 131 cm³/mol. The van der Waals surface area contributed by atoms with Crippen molar-refractivity contribution in [1.82, 2.24) is 14.8 Å². The fourth-order valence-corrected chi connectivity index (χ4v) is 4.69. The first kappa shape index (κ1) is 22.4. The molecule has 166 valence electrons. The van der Waals surface area contributed by atoms with E-state index < -0.39 is 6.04 Å². The molecule has 1 unspecified atom stereocenters. The number of nitrogens with zero attached hydrogens (tertiary/aromatic N) is 3. The normalized spacial score (nSPS) is 15.3. The van der Waals surface area contributed by atoms with E-state index in [1.54, 1.807) is 16.4 Å². The number of anilines is 2. The molecule has 4 rings (SSSR count). The number of amides is 1. The summed E-state index contributed by atoms with van der Waals surface area (Å²) in [4.78, 5) is 18.2. The van der Waals surface area contributed by atoms with Crippen LogP contribution in [-0.2, 0) is 4.79 Å². The van der Waals surface area contributed by atoms with Crippen LogP contribution in [0.4, 0.5) is 11.6 Å². The molecule has 0 saturated carbocycles. The summed E-state index contributed by atoms with van der Waals surface area (Å²) in [6.45, 7) is 8.04. The summed E-state index contributed by atoms with van der Waals surface area (Å²) in [6.07, 6.45) is 1.03. The van der Waals surface area contributed by atoms with Crippen molar-refractivity contribution >= 4 is 40.9 Å². The lowest BCUT2D eigenvalue weighted by Crippen LogP contribution is -2.31. The van der Waals surface area contributed by atoms with Crippen LogP contribution in [-0.4, -0.2) is 26.4 Å². The highest BCUT2D eigenvalue weighted by Gasteiger charge is 2.34. The van der Waals surface area contributed by atoms with Crippen LogP contribution in [0.5, 0.6) is 0 Å². The van der Waals surface area contributed by atoms with Crippen molar-refractivity contribution in [2.45, 2.75) is 45.3 Å². The van der Waals surface area contributed by atoms with Gasteiger partial charge in [0.25, 0.3) is 5.91 Å². The summed E-state index contributed by atoms with van der Waals surface area (Å²) in [7, 11) is 0. The van der Waals surface area contributed by atoms with E-state index >= 15 is 0 Å². The van der Waals surface area contributed by atoms with Gasteiger partial charge in [-0.05, 0) is 56.5 Å². The summed E-state index contributed by atoms with van der Waals surface area (Å²) in [6, 6.07) is 13.1. The lowest BCUT2D eigenvalue weighted by molar-refractivity contribution is -0.113. The Kier molecular flexibility index (Phi) is 6.58. The minimum Gasteiger partial charge on any atom is -0.328 e. The number of nitrogens with one attached hydrogen (secondary N) is 2. The minimum absolute atomic E-state index is 0.184. The van der Waals surface area contributed by atoms with Gasteiger partial charge in [0.1, 0.15) is 6.04 Å². The van der Waals surface area contributed by atoms with Gasteiger partial charge >= 0.3 is 0 Å². The number of hydrogen-bond acceptors (Lipinski definition) is 5. The Balaban J connectivity index is 1.76. The van der Waals surface area contributed by atoms with Crippen LogP contribution in [0.3, 0.4) is 0 Å². The summed E-state index contributed by atoms with van der Waals surface area (Å²) in [5.41, 5.74) is 5.15. The Morgan fingerprint density at radius 1 is 1.22 bits per heavy atom. The van der Waals surface area contributed by atoms with Crippen molar-refractivity contribution in [1.29, 1.82) is 0 Å². The fraction of sp³-hybridized carbons (Fsp3) is 0.292. The van der Waals surface area contributed by atoms with Crippen LogP contribution in [0.2, 0.25) is 5.02 Å². The topological polar surface area (TPSA) is 71.8 Å². The molecule has 1 atom stereocenters. The average Bonchev–Trinajstić information content (AvgIpc) is 3.15. The first-order chi connectivity index (χ1) is 15.4. The lowest BCUT2D eigenvalue weighted by Gasteiger charge is -2.29. The van der Waals surface area contributed by atoms with Crippen molar-refractivity contribution in [2.24, 2.45) is 0 Å². The van der Waals surface area contributed by atoms with Crippen LogP contribution in [0.15, 0.2) is 58.9 Å². The number of halogens is 1. The second-order valence-electron chi connectivity index (χ2n) is 7.90. The highest BCUT2D eigenvalue weighted by Crippen LogP contribution is 2.37. The zero-order valence-corrected chi connectivity index (χ0v) is 20.1. The van der Waals surface area contributed by atoms with Crippen LogP contribution < -0.4 is 10.6 Å². The van der Waals surface area contributed by atoms with Crippen LogP contribution in [0.1, 0.15) is 43.0 Å². The van der Waals surface area contributed by atoms with E-state index in [1.165, 1.54) is 0 Å². The lowest BCUT2D eigenvalue weighted by atomic mass is 9.95. The third-order valence-corrected chi connectivity index (χ3v) is 6.59. The molecule has 1 aliphatic rings. The second kappa shape index (κ2) is 9.38. The number of benzene rings is 2. The molecule has 0 bridgehead atoms. The second-order valence-corrected chi connectivity index (χ2v) is 9.40. The number of hydrogen-bond donors (Lipinski definition) is 2. The molecule has 0 aliphatic carbocycles. The molecule has 1 aromatic heterocycles. The number of carbonyl (C=O) groups excluding carboxylic acids is 1. The summed E-state index contributed by atoms with van der Waals surface area (Å²) >= 11 is 7.92. The number of aryl methyl sites for hydroxylation is 2. The SMILES string of the molecule is CCCSc1nc2n(n1)C(c1cccc(Cl)c1)C(C(=O)Nc1ccc(C)cc1C)=C(C)N2. The van der Waals surface area contributed by atoms with Gasteiger partial charge in [-0.1, -0.05) is 60.1 Å². The summed E-state index contributed by atoms with van der Waals surface area (Å²) < 4.78 is 1.79. The predicted octanol–water partition coefficient (Wildman–Crippen LogP) is 5.98.